The first-order valence-electron chi connectivity index (χ1n) is 11.3. The molecule has 3 heterocycles. The summed E-state index contributed by atoms with van der Waals surface area (Å²) in [6, 6.07) is 0. The molecule has 0 saturated carbocycles. The van der Waals surface area contributed by atoms with Crippen LogP contribution in [-0.2, 0) is 19.0 Å². The van der Waals surface area contributed by atoms with Crippen molar-refractivity contribution in [2.24, 2.45) is 10.9 Å². The molecule has 1 unspecified atom stereocenters. The Balaban J connectivity index is 1.27. The normalized spacial score (nSPS) is 34.7. The fourth-order valence-corrected chi connectivity index (χ4v) is 5.03. The minimum atomic E-state index is -0.642. The van der Waals surface area contributed by atoms with E-state index in [1.807, 2.05) is 13.8 Å². The molecule has 2 N–H and O–H groups in total. The minimum absolute atomic E-state index is 0.0906. The van der Waals surface area contributed by atoms with Crippen LogP contribution in [0, 0.1) is 5.92 Å². The van der Waals surface area contributed by atoms with Gasteiger partial charge in [0.05, 0.1) is 31.4 Å². The molecule has 1 aliphatic carbocycles. The lowest BCUT2D eigenvalue weighted by Crippen LogP contribution is -2.47. The molecule has 3 saturated heterocycles. The molecule has 0 spiro atoms. The second-order valence-corrected chi connectivity index (χ2v) is 9.33. The summed E-state index contributed by atoms with van der Waals surface area (Å²) in [6.45, 7) is 10.4. The number of nitrogens with zero attached hydrogens (tertiary/aromatic N) is 3. The molecule has 31 heavy (non-hydrogen) atoms. The molecule has 0 amide bonds. The van der Waals surface area contributed by atoms with Gasteiger partial charge in [-0.3, -0.25) is 19.6 Å². The lowest BCUT2D eigenvalue weighted by Gasteiger charge is -2.33. The highest BCUT2D eigenvalue weighted by atomic mass is 16.8. The van der Waals surface area contributed by atoms with Gasteiger partial charge in [-0.25, -0.2) is 0 Å². The van der Waals surface area contributed by atoms with Gasteiger partial charge < -0.3 is 24.4 Å². The van der Waals surface area contributed by atoms with Crippen LogP contribution in [-0.4, -0.2) is 115 Å². The Labute approximate surface area is 183 Å². The Morgan fingerprint density at radius 3 is 2.48 bits per heavy atom. The van der Waals surface area contributed by atoms with Gasteiger partial charge in [0.25, 0.3) is 0 Å². The van der Waals surface area contributed by atoms with E-state index in [2.05, 4.69) is 14.8 Å². The minimum Gasteiger partial charge on any atom is -0.511 e. The highest BCUT2D eigenvalue weighted by Gasteiger charge is 2.53. The van der Waals surface area contributed by atoms with Crippen LogP contribution in [0.1, 0.15) is 26.7 Å². The first-order valence-corrected chi connectivity index (χ1v) is 11.3. The Morgan fingerprint density at radius 1 is 1.10 bits per heavy atom. The number of hydrogen-bond donors (Lipinski definition) is 2. The number of rotatable bonds is 7. The van der Waals surface area contributed by atoms with Crippen LogP contribution in [0.5, 0.6) is 0 Å². The summed E-state index contributed by atoms with van der Waals surface area (Å²) in [7, 11) is 0. The number of ketones is 1. The summed E-state index contributed by atoms with van der Waals surface area (Å²) in [5.74, 6) is -0.766. The fourth-order valence-electron chi connectivity index (χ4n) is 5.03. The molecule has 3 fully saturated rings. The first-order chi connectivity index (χ1) is 14.9. The maximum absolute atomic E-state index is 12.7. The zero-order chi connectivity index (χ0) is 22.0. The van der Waals surface area contributed by atoms with Crippen molar-refractivity contribution >= 4 is 12.0 Å². The predicted molar refractivity (Wildman–Crippen MR) is 114 cm³/mol. The van der Waals surface area contributed by atoms with E-state index in [1.54, 1.807) is 0 Å². The standard InChI is InChI=1S/C22H35N3O6/c1-22(2)30-19-14-29-20(21(19)31-22)15-11-17(27)16(18(28)12-15)13-23-3-4-24-5-7-25(8-6-24)9-10-26/h13,15,19-21,26-27H,3-12,14H2,1-2H3/t15?,19-,20+,21-/m0/s1. The molecule has 4 aliphatic rings. The number of fused-ring (bicyclic) bond motifs is 1. The van der Waals surface area contributed by atoms with Crippen molar-refractivity contribution in [3.8, 4) is 0 Å². The van der Waals surface area contributed by atoms with Crippen molar-refractivity contribution < 1.29 is 29.2 Å². The quantitative estimate of drug-likeness (QED) is 0.551. The number of carbonyl (C=O) groups is 1. The number of β-amino-alcohol motifs (C(OH)–C–C–N with tert-alkyl or cyclic N) is 1. The molecule has 174 valence electrons. The number of piperazine rings is 1. The van der Waals surface area contributed by atoms with Crippen LogP contribution in [0.25, 0.3) is 0 Å². The lowest BCUT2D eigenvalue weighted by molar-refractivity contribution is -0.180. The molecule has 9 nitrogen and oxygen atoms in total. The average molecular weight is 438 g/mol. The van der Waals surface area contributed by atoms with Crippen molar-refractivity contribution in [2.45, 2.75) is 50.8 Å². The van der Waals surface area contributed by atoms with E-state index in [-0.39, 0.29) is 42.4 Å². The lowest BCUT2D eigenvalue weighted by atomic mass is 9.82. The van der Waals surface area contributed by atoms with E-state index in [0.29, 0.717) is 31.6 Å². The largest absolute Gasteiger partial charge is 0.511 e. The van der Waals surface area contributed by atoms with Gasteiger partial charge in [0, 0.05) is 64.2 Å². The highest BCUT2D eigenvalue weighted by Crippen LogP contribution is 2.41. The smallest absolute Gasteiger partial charge is 0.168 e. The molecule has 0 bridgehead atoms. The highest BCUT2D eigenvalue weighted by molar-refractivity contribution is 6.14. The summed E-state index contributed by atoms with van der Waals surface area (Å²) in [6.07, 6.45) is 1.67. The maximum Gasteiger partial charge on any atom is 0.168 e. The predicted octanol–water partition coefficient (Wildman–Crippen LogP) is 0.377. The summed E-state index contributed by atoms with van der Waals surface area (Å²) < 4.78 is 17.7. The van der Waals surface area contributed by atoms with Crippen LogP contribution in [0.2, 0.25) is 0 Å². The number of Topliss-reactive ketones (excluding diaryl/α,β-unsaturated/α-hetero) is 1. The van der Waals surface area contributed by atoms with Crippen LogP contribution in [0.3, 0.4) is 0 Å². The van der Waals surface area contributed by atoms with E-state index >= 15 is 0 Å². The first kappa shape index (κ1) is 22.8. The van der Waals surface area contributed by atoms with Gasteiger partial charge in [0.2, 0.25) is 0 Å². The van der Waals surface area contributed by atoms with Gasteiger partial charge in [0.15, 0.2) is 11.6 Å². The van der Waals surface area contributed by atoms with Gasteiger partial charge in [-0.15, -0.1) is 0 Å². The van der Waals surface area contributed by atoms with Gasteiger partial charge in [0.1, 0.15) is 18.0 Å². The molecule has 0 radical (unpaired) electrons. The van der Waals surface area contributed by atoms with Gasteiger partial charge in [-0.1, -0.05) is 0 Å². The molecule has 4 atom stereocenters. The molecule has 0 aromatic carbocycles. The number of aliphatic hydroxyl groups is 2. The second kappa shape index (κ2) is 9.64. The molecular formula is C22H35N3O6. The number of allylic oxidation sites excluding steroid dienone is 2. The molecule has 0 aromatic heterocycles. The summed E-state index contributed by atoms with van der Waals surface area (Å²) >= 11 is 0. The van der Waals surface area contributed by atoms with Crippen LogP contribution in [0.15, 0.2) is 16.3 Å². The second-order valence-electron chi connectivity index (χ2n) is 9.33. The van der Waals surface area contributed by atoms with Gasteiger partial charge in [-0.05, 0) is 13.8 Å². The SMILES string of the molecule is CC1(C)O[C@H]2[C@H](CO[C@@H]2C2CC(=O)C(C=NCCN3CCN(CCO)CC3)=C(O)C2)O1. The third-order valence-corrected chi connectivity index (χ3v) is 6.62. The van der Waals surface area contributed by atoms with Crippen LogP contribution >= 0.6 is 0 Å². The molecule has 9 heteroatoms. The number of ether oxygens (including phenoxy) is 3. The Bertz CT molecular complexity index is 716. The summed E-state index contributed by atoms with van der Waals surface area (Å²) in [4.78, 5) is 21.7. The molecule has 0 aromatic rings. The van der Waals surface area contributed by atoms with E-state index in [4.69, 9.17) is 19.3 Å². The Kier molecular flexibility index (Phi) is 7.10. The van der Waals surface area contributed by atoms with E-state index < -0.39 is 5.79 Å². The van der Waals surface area contributed by atoms with Crippen molar-refractivity contribution in [1.82, 2.24) is 9.80 Å². The van der Waals surface area contributed by atoms with E-state index in [0.717, 1.165) is 39.3 Å². The number of hydrogen-bond acceptors (Lipinski definition) is 9. The zero-order valence-electron chi connectivity index (χ0n) is 18.5. The Morgan fingerprint density at radius 2 is 1.81 bits per heavy atom. The Hall–Kier alpha value is -1.36. The number of aliphatic imine (C=N–C) groups is 1. The molecule has 4 rings (SSSR count). The van der Waals surface area contributed by atoms with Crippen molar-refractivity contribution in [3.63, 3.8) is 0 Å². The molecule has 3 aliphatic heterocycles. The topological polar surface area (TPSA) is 104 Å². The summed E-state index contributed by atoms with van der Waals surface area (Å²) in [5.41, 5.74) is 0.322. The fraction of sp³-hybridized carbons (Fsp3) is 0.818. The zero-order valence-corrected chi connectivity index (χ0v) is 18.5. The van der Waals surface area contributed by atoms with Crippen molar-refractivity contribution in [2.75, 3.05) is 59.0 Å². The average Bonchev–Trinajstić information content (AvgIpc) is 3.23. The monoisotopic (exact) mass is 437 g/mol. The molecular weight excluding hydrogens is 402 g/mol. The third kappa shape index (κ3) is 5.35. The van der Waals surface area contributed by atoms with Gasteiger partial charge >= 0.3 is 0 Å². The van der Waals surface area contributed by atoms with Crippen LogP contribution in [0.4, 0.5) is 0 Å². The van der Waals surface area contributed by atoms with Crippen molar-refractivity contribution in [1.29, 1.82) is 0 Å². The van der Waals surface area contributed by atoms with Gasteiger partial charge in [-0.2, -0.15) is 0 Å². The van der Waals surface area contributed by atoms with E-state index in [9.17, 15) is 9.90 Å². The van der Waals surface area contributed by atoms with Crippen molar-refractivity contribution in [3.05, 3.63) is 11.3 Å². The van der Waals surface area contributed by atoms with Crippen LogP contribution < -0.4 is 0 Å². The number of aliphatic hydroxyl groups excluding tert-OH is 2. The number of carbonyl (C=O) groups excluding carboxylic acids is 1. The summed E-state index contributed by atoms with van der Waals surface area (Å²) in [5, 5.41) is 19.6. The third-order valence-electron chi connectivity index (χ3n) is 6.62. The van der Waals surface area contributed by atoms with E-state index in [1.165, 1.54) is 6.21 Å². The maximum atomic E-state index is 12.7.